The SMILES string of the molecule is c1ccc2[nH]c(CCNc3ncnc4scc(-c5ccc6c(c5)CCCC6)c34)nc2c1. The molecule has 2 aromatic carbocycles. The molecule has 0 bridgehead atoms. The lowest BCUT2D eigenvalue weighted by Crippen LogP contribution is -2.08. The Morgan fingerprint density at radius 2 is 1.90 bits per heavy atom. The highest BCUT2D eigenvalue weighted by atomic mass is 32.1. The van der Waals surface area contributed by atoms with Crippen LogP contribution in [0.4, 0.5) is 5.82 Å². The van der Waals surface area contributed by atoms with Gasteiger partial charge in [0.15, 0.2) is 0 Å². The number of rotatable bonds is 5. The number of benzene rings is 2. The van der Waals surface area contributed by atoms with Gasteiger partial charge < -0.3 is 10.3 Å². The summed E-state index contributed by atoms with van der Waals surface area (Å²) in [7, 11) is 0. The van der Waals surface area contributed by atoms with Crippen LogP contribution in [0.2, 0.25) is 0 Å². The first kappa shape index (κ1) is 18.5. The molecule has 6 heteroatoms. The molecule has 1 aliphatic rings. The maximum absolute atomic E-state index is 4.68. The number of fused-ring (bicyclic) bond motifs is 3. The van der Waals surface area contributed by atoms with Gasteiger partial charge in [0.25, 0.3) is 0 Å². The van der Waals surface area contributed by atoms with Gasteiger partial charge in [-0.25, -0.2) is 15.0 Å². The van der Waals surface area contributed by atoms with Gasteiger partial charge in [-0.15, -0.1) is 11.3 Å². The highest BCUT2D eigenvalue weighted by Gasteiger charge is 2.16. The summed E-state index contributed by atoms with van der Waals surface area (Å²) in [5.74, 6) is 1.88. The van der Waals surface area contributed by atoms with Crippen molar-refractivity contribution in [2.24, 2.45) is 0 Å². The Balaban J connectivity index is 1.28. The van der Waals surface area contributed by atoms with Crippen molar-refractivity contribution in [2.45, 2.75) is 32.1 Å². The van der Waals surface area contributed by atoms with E-state index in [1.54, 1.807) is 17.7 Å². The van der Waals surface area contributed by atoms with E-state index in [1.807, 2.05) is 18.2 Å². The van der Waals surface area contributed by atoms with E-state index in [0.717, 1.165) is 45.9 Å². The number of aromatic amines is 1. The minimum Gasteiger partial charge on any atom is -0.369 e. The predicted molar refractivity (Wildman–Crippen MR) is 128 cm³/mol. The average molecular weight is 426 g/mol. The molecular weight excluding hydrogens is 402 g/mol. The fourth-order valence-corrected chi connectivity index (χ4v) is 5.46. The van der Waals surface area contributed by atoms with E-state index in [9.17, 15) is 0 Å². The summed E-state index contributed by atoms with van der Waals surface area (Å²) in [6.45, 7) is 0.755. The first-order valence-electron chi connectivity index (χ1n) is 10.9. The van der Waals surface area contributed by atoms with E-state index in [4.69, 9.17) is 0 Å². The van der Waals surface area contributed by atoms with Crippen LogP contribution in [0.5, 0.6) is 0 Å². The lowest BCUT2D eigenvalue weighted by Gasteiger charge is -2.16. The molecule has 3 heterocycles. The van der Waals surface area contributed by atoms with Gasteiger partial charge in [0.05, 0.1) is 16.4 Å². The first-order chi connectivity index (χ1) is 15.3. The quantitative estimate of drug-likeness (QED) is 0.375. The summed E-state index contributed by atoms with van der Waals surface area (Å²) in [4.78, 5) is 18.2. The van der Waals surface area contributed by atoms with E-state index in [1.165, 1.54) is 47.9 Å². The Morgan fingerprint density at radius 1 is 1.00 bits per heavy atom. The molecule has 5 aromatic rings. The number of H-pyrrole nitrogens is 1. The van der Waals surface area contributed by atoms with Gasteiger partial charge in [-0.1, -0.05) is 30.3 Å². The second kappa shape index (κ2) is 7.78. The van der Waals surface area contributed by atoms with Crippen molar-refractivity contribution in [2.75, 3.05) is 11.9 Å². The molecule has 0 spiro atoms. The Morgan fingerprint density at radius 3 is 2.84 bits per heavy atom. The second-order valence-electron chi connectivity index (χ2n) is 8.12. The largest absolute Gasteiger partial charge is 0.369 e. The van der Waals surface area contributed by atoms with Gasteiger partial charge >= 0.3 is 0 Å². The number of hydrogen-bond acceptors (Lipinski definition) is 5. The van der Waals surface area contributed by atoms with Gasteiger partial charge in [-0.05, 0) is 54.5 Å². The van der Waals surface area contributed by atoms with E-state index in [0.29, 0.717) is 0 Å². The summed E-state index contributed by atoms with van der Waals surface area (Å²) >= 11 is 1.68. The van der Waals surface area contributed by atoms with Crippen molar-refractivity contribution in [1.29, 1.82) is 0 Å². The van der Waals surface area contributed by atoms with Gasteiger partial charge in [0.2, 0.25) is 0 Å². The number of para-hydroxylation sites is 2. The van der Waals surface area contributed by atoms with Crippen molar-refractivity contribution >= 4 is 38.4 Å². The van der Waals surface area contributed by atoms with Crippen LogP contribution in [0.25, 0.3) is 32.4 Å². The number of imidazole rings is 1. The lowest BCUT2D eigenvalue weighted by atomic mass is 9.89. The minimum atomic E-state index is 0.755. The smallest absolute Gasteiger partial charge is 0.138 e. The molecule has 1 aliphatic carbocycles. The zero-order valence-electron chi connectivity index (χ0n) is 17.2. The number of thiophene rings is 1. The van der Waals surface area contributed by atoms with Crippen molar-refractivity contribution in [3.05, 3.63) is 71.1 Å². The molecule has 6 rings (SSSR count). The maximum Gasteiger partial charge on any atom is 0.138 e. The third-order valence-electron chi connectivity index (χ3n) is 6.12. The molecule has 154 valence electrons. The number of aryl methyl sites for hydroxylation is 2. The van der Waals surface area contributed by atoms with Crippen LogP contribution in [-0.2, 0) is 19.3 Å². The molecule has 3 aromatic heterocycles. The minimum absolute atomic E-state index is 0.755. The van der Waals surface area contributed by atoms with E-state index < -0.39 is 0 Å². The van der Waals surface area contributed by atoms with Crippen molar-refractivity contribution in [3.8, 4) is 11.1 Å². The molecular formula is C25H23N5S. The molecule has 0 atom stereocenters. The molecule has 31 heavy (non-hydrogen) atoms. The molecule has 5 nitrogen and oxygen atoms in total. The summed E-state index contributed by atoms with van der Waals surface area (Å²) in [5, 5.41) is 6.87. The first-order valence-corrected chi connectivity index (χ1v) is 11.7. The zero-order valence-corrected chi connectivity index (χ0v) is 18.0. The molecule has 0 saturated carbocycles. The molecule has 0 saturated heterocycles. The second-order valence-corrected chi connectivity index (χ2v) is 8.98. The van der Waals surface area contributed by atoms with Crippen LogP contribution in [-0.4, -0.2) is 26.5 Å². The Kier molecular flexibility index (Phi) is 4.65. The number of hydrogen-bond donors (Lipinski definition) is 2. The van der Waals surface area contributed by atoms with E-state index in [-0.39, 0.29) is 0 Å². The normalized spacial score (nSPS) is 13.5. The molecule has 0 fully saturated rings. The van der Waals surface area contributed by atoms with Crippen LogP contribution in [0, 0.1) is 0 Å². The van der Waals surface area contributed by atoms with Gasteiger partial charge in [0, 0.05) is 23.9 Å². The predicted octanol–water partition coefficient (Wildman–Crippen LogP) is 5.77. The monoisotopic (exact) mass is 425 g/mol. The van der Waals surface area contributed by atoms with Gasteiger partial charge in [0.1, 0.15) is 22.8 Å². The van der Waals surface area contributed by atoms with Gasteiger partial charge in [-0.3, -0.25) is 0 Å². The number of anilines is 1. The van der Waals surface area contributed by atoms with Crippen LogP contribution >= 0.6 is 11.3 Å². The van der Waals surface area contributed by atoms with E-state index in [2.05, 4.69) is 54.9 Å². The molecule has 0 amide bonds. The van der Waals surface area contributed by atoms with Crippen molar-refractivity contribution < 1.29 is 0 Å². The third-order valence-corrected chi connectivity index (χ3v) is 7.01. The Bertz CT molecular complexity index is 1350. The van der Waals surface area contributed by atoms with Crippen molar-refractivity contribution in [1.82, 2.24) is 19.9 Å². The summed E-state index contributed by atoms with van der Waals surface area (Å²) in [6.07, 6.45) is 7.44. The fourth-order valence-electron chi connectivity index (χ4n) is 4.55. The number of nitrogens with one attached hydrogen (secondary N) is 2. The summed E-state index contributed by atoms with van der Waals surface area (Å²) in [6, 6.07) is 15.1. The molecule has 2 N–H and O–H groups in total. The van der Waals surface area contributed by atoms with Gasteiger partial charge in [-0.2, -0.15) is 0 Å². The Hall–Kier alpha value is -3.25. The van der Waals surface area contributed by atoms with E-state index >= 15 is 0 Å². The zero-order chi connectivity index (χ0) is 20.6. The summed E-state index contributed by atoms with van der Waals surface area (Å²) < 4.78 is 0. The molecule has 0 aliphatic heterocycles. The number of aromatic nitrogens is 4. The summed E-state index contributed by atoms with van der Waals surface area (Å²) in [5.41, 5.74) is 7.58. The van der Waals surface area contributed by atoms with Crippen molar-refractivity contribution in [3.63, 3.8) is 0 Å². The third kappa shape index (κ3) is 3.47. The van der Waals surface area contributed by atoms with Crippen LogP contribution in [0.3, 0.4) is 0 Å². The standard InChI is InChI=1S/C25H23N5S/c1-2-6-17-13-18(10-9-16(17)5-1)19-14-31-25-23(19)24(27-15-28-25)26-12-11-22-29-20-7-3-4-8-21(20)30-22/h3-4,7-10,13-15H,1-2,5-6,11-12H2,(H,29,30)(H,26,27,28). The lowest BCUT2D eigenvalue weighted by molar-refractivity contribution is 0.686. The topological polar surface area (TPSA) is 66.5 Å². The van der Waals surface area contributed by atoms with Crippen LogP contribution < -0.4 is 5.32 Å². The van der Waals surface area contributed by atoms with Crippen LogP contribution in [0.15, 0.2) is 54.2 Å². The Labute approximate surface area is 184 Å². The fraction of sp³-hybridized carbons (Fsp3) is 0.240. The molecule has 0 radical (unpaired) electrons. The van der Waals surface area contributed by atoms with Crippen LogP contribution in [0.1, 0.15) is 29.8 Å². The maximum atomic E-state index is 4.68. The highest BCUT2D eigenvalue weighted by Crippen LogP contribution is 2.38. The molecule has 0 unspecified atom stereocenters. The average Bonchev–Trinajstić information content (AvgIpc) is 3.43. The highest BCUT2D eigenvalue weighted by molar-refractivity contribution is 7.17. The number of nitrogens with zero attached hydrogens (tertiary/aromatic N) is 3.